The summed E-state index contributed by atoms with van der Waals surface area (Å²) < 4.78 is 0. The molecule has 5 nitrogen and oxygen atoms in total. The van der Waals surface area contributed by atoms with Gasteiger partial charge in [-0.15, -0.1) is 5.10 Å². The zero-order chi connectivity index (χ0) is 14.2. The first-order chi connectivity index (χ1) is 9.59. The normalized spacial score (nSPS) is 26.6. The average Bonchev–Trinajstić information content (AvgIpc) is 3.23. The van der Waals surface area contributed by atoms with E-state index in [-0.39, 0.29) is 0 Å². The maximum atomic E-state index is 11.8. The second kappa shape index (κ2) is 5.04. The van der Waals surface area contributed by atoms with Gasteiger partial charge in [0.25, 0.3) is 0 Å². The average molecular weight is 275 g/mol. The molecule has 20 heavy (non-hydrogen) atoms. The number of piperidine rings is 1. The Labute approximate surface area is 119 Å². The number of aliphatic carboxylic acids is 1. The summed E-state index contributed by atoms with van der Waals surface area (Å²) in [5, 5.41) is 18.0. The molecule has 3 rings (SSSR count). The van der Waals surface area contributed by atoms with Crippen LogP contribution in [0.3, 0.4) is 0 Å². The smallest absolute Gasteiger partial charge is 0.311 e. The largest absolute Gasteiger partial charge is 0.481 e. The number of aromatic nitrogens is 2. The SMILES string of the molecule is Cc1ccc(N2CCC[C@](CC3CC3)(C(=O)O)C2)nn1. The van der Waals surface area contributed by atoms with Crippen molar-refractivity contribution in [2.24, 2.45) is 11.3 Å². The molecule has 1 aliphatic heterocycles. The van der Waals surface area contributed by atoms with Gasteiger partial charge in [-0.25, -0.2) is 0 Å². The fraction of sp³-hybridized carbons (Fsp3) is 0.667. The molecule has 0 spiro atoms. The van der Waals surface area contributed by atoms with Crippen molar-refractivity contribution in [3.63, 3.8) is 0 Å². The molecular formula is C15H21N3O2. The highest BCUT2D eigenvalue weighted by molar-refractivity contribution is 5.76. The second-order valence-electron chi connectivity index (χ2n) is 6.29. The maximum Gasteiger partial charge on any atom is 0.311 e. The van der Waals surface area contributed by atoms with Crippen molar-refractivity contribution >= 4 is 11.8 Å². The third-order valence-electron chi connectivity index (χ3n) is 4.51. The molecule has 0 bridgehead atoms. The molecule has 5 heteroatoms. The first kappa shape index (κ1) is 13.3. The molecule has 1 saturated carbocycles. The molecule has 0 radical (unpaired) electrons. The molecular weight excluding hydrogens is 254 g/mol. The fourth-order valence-corrected chi connectivity index (χ4v) is 3.19. The number of carbonyl (C=O) groups is 1. The third-order valence-corrected chi connectivity index (χ3v) is 4.51. The quantitative estimate of drug-likeness (QED) is 0.913. The Morgan fingerprint density at radius 3 is 2.85 bits per heavy atom. The molecule has 0 unspecified atom stereocenters. The number of hydrogen-bond donors (Lipinski definition) is 1. The van der Waals surface area contributed by atoms with Crippen molar-refractivity contribution in [3.05, 3.63) is 17.8 Å². The molecule has 2 aliphatic rings. The van der Waals surface area contributed by atoms with E-state index in [0.717, 1.165) is 37.3 Å². The number of nitrogens with zero attached hydrogens (tertiary/aromatic N) is 3. The van der Waals surface area contributed by atoms with Crippen molar-refractivity contribution in [3.8, 4) is 0 Å². The number of carboxylic acids is 1. The van der Waals surface area contributed by atoms with E-state index in [1.807, 2.05) is 19.1 Å². The Kier molecular flexibility index (Phi) is 3.36. The molecule has 1 atom stereocenters. The molecule has 2 fully saturated rings. The van der Waals surface area contributed by atoms with Crippen molar-refractivity contribution in [1.29, 1.82) is 0 Å². The summed E-state index contributed by atoms with van der Waals surface area (Å²) in [7, 11) is 0. The Bertz CT molecular complexity index is 498. The van der Waals surface area contributed by atoms with Crippen molar-refractivity contribution < 1.29 is 9.90 Å². The molecule has 1 aromatic heterocycles. The van der Waals surface area contributed by atoms with Gasteiger partial charge in [0.1, 0.15) is 0 Å². The highest BCUT2D eigenvalue weighted by Gasteiger charge is 2.46. The number of anilines is 1. The van der Waals surface area contributed by atoms with E-state index in [9.17, 15) is 9.90 Å². The van der Waals surface area contributed by atoms with Crippen LogP contribution in [-0.2, 0) is 4.79 Å². The lowest BCUT2D eigenvalue weighted by Crippen LogP contribution is -2.48. The van der Waals surface area contributed by atoms with Gasteiger partial charge < -0.3 is 10.0 Å². The van der Waals surface area contributed by atoms with Gasteiger partial charge in [0.05, 0.1) is 11.1 Å². The summed E-state index contributed by atoms with van der Waals surface area (Å²) in [5.41, 5.74) is 0.291. The van der Waals surface area contributed by atoms with Crippen molar-refractivity contribution in [2.75, 3.05) is 18.0 Å². The molecule has 1 N–H and O–H groups in total. The van der Waals surface area contributed by atoms with Crippen LogP contribution in [0.2, 0.25) is 0 Å². The van der Waals surface area contributed by atoms with E-state index in [4.69, 9.17) is 0 Å². The molecule has 1 saturated heterocycles. The lowest BCUT2D eigenvalue weighted by Gasteiger charge is -2.40. The summed E-state index contributed by atoms with van der Waals surface area (Å²) in [5.74, 6) is 0.779. The van der Waals surface area contributed by atoms with Crippen LogP contribution in [-0.4, -0.2) is 34.4 Å². The minimum Gasteiger partial charge on any atom is -0.481 e. The summed E-state index contributed by atoms with van der Waals surface area (Å²) in [4.78, 5) is 13.9. The van der Waals surface area contributed by atoms with Crippen LogP contribution < -0.4 is 4.90 Å². The first-order valence-electron chi connectivity index (χ1n) is 7.38. The topological polar surface area (TPSA) is 66.3 Å². The van der Waals surface area contributed by atoms with E-state index < -0.39 is 11.4 Å². The number of aryl methyl sites for hydroxylation is 1. The molecule has 1 aromatic rings. The standard InChI is InChI=1S/C15H21N3O2/c1-11-3-6-13(17-16-11)18-8-2-7-15(10-18,14(19)20)9-12-4-5-12/h3,6,12H,2,4-5,7-10H2,1H3,(H,19,20)/t15-/m1/s1. The molecule has 0 amide bonds. The van der Waals surface area contributed by atoms with Crippen molar-refractivity contribution in [1.82, 2.24) is 10.2 Å². The zero-order valence-electron chi connectivity index (χ0n) is 11.9. The van der Waals surface area contributed by atoms with Gasteiger partial charge >= 0.3 is 5.97 Å². The van der Waals surface area contributed by atoms with Crippen LogP contribution in [0.5, 0.6) is 0 Å². The highest BCUT2D eigenvalue weighted by Crippen LogP contribution is 2.45. The maximum absolute atomic E-state index is 11.8. The lowest BCUT2D eigenvalue weighted by molar-refractivity contribution is -0.150. The minimum absolute atomic E-state index is 0.566. The molecule has 2 heterocycles. The van der Waals surface area contributed by atoms with Gasteiger partial charge in [0, 0.05) is 13.1 Å². The molecule has 1 aliphatic carbocycles. The van der Waals surface area contributed by atoms with Crippen molar-refractivity contribution in [2.45, 2.75) is 39.0 Å². The van der Waals surface area contributed by atoms with Crippen LogP contribution in [0.4, 0.5) is 5.82 Å². The van der Waals surface area contributed by atoms with Crippen LogP contribution >= 0.6 is 0 Å². The Hall–Kier alpha value is -1.65. The van der Waals surface area contributed by atoms with Gasteiger partial charge in [-0.3, -0.25) is 4.79 Å². The van der Waals surface area contributed by atoms with Crippen LogP contribution in [0.15, 0.2) is 12.1 Å². The monoisotopic (exact) mass is 275 g/mol. The van der Waals surface area contributed by atoms with E-state index >= 15 is 0 Å². The van der Waals surface area contributed by atoms with E-state index in [1.165, 1.54) is 12.8 Å². The fourth-order valence-electron chi connectivity index (χ4n) is 3.19. The van der Waals surface area contributed by atoms with Gasteiger partial charge in [0.2, 0.25) is 0 Å². The van der Waals surface area contributed by atoms with Gasteiger partial charge in [-0.2, -0.15) is 5.10 Å². The Balaban J connectivity index is 1.79. The predicted molar refractivity (Wildman–Crippen MR) is 75.6 cm³/mol. The summed E-state index contributed by atoms with van der Waals surface area (Å²) >= 11 is 0. The third kappa shape index (κ3) is 2.62. The number of carboxylic acid groups (broad SMARTS) is 1. The lowest BCUT2D eigenvalue weighted by atomic mass is 9.75. The Morgan fingerprint density at radius 2 is 2.25 bits per heavy atom. The number of hydrogen-bond acceptors (Lipinski definition) is 4. The highest BCUT2D eigenvalue weighted by atomic mass is 16.4. The van der Waals surface area contributed by atoms with E-state index in [0.29, 0.717) is 12.5 Å². The summed E-state index contributed by atoms with van der Waals surface area (Å²) in [6.07, 6.45) is 4.90. The predicted octanol–water partition coefficient (Wildman–Crippen LogP) is 2.26. The summed E-state index contributed by atoms with van der Waals surface area (Å²) in [6, 6.07) is 3.87. The second-order valence-corrected chi connectivity index (χ2v) is 6.29. The van der Waals surface area contributed by atoms with Gasteiger partial charge in [0.15, 0.2) is 5.82 Å². The van der Waals surface area contributed by atoms with E-state index in [2.05, 4.69) is 15.1 Å². The van der Waals surface area contributed by atoms with Crippen LogP contribution in [0, 0.1) is 18.3 Å². The van der Waals surface area contributed by atoms with Gasteiger partial charge in [-0.05, 0) is 44.2 Å². The summed E-state index contributed by atoms with van der Waals surface area (Å²) in [6.45, 7) is 3.34. The van der Waals surface area contributed by atoms with E-state index in [1.54, 1.807) is 0 Å². The minimum atomic E-state index is -0.644. The zero-order valence-corrected chi connectivity index (χ0v) is 11.9. The first-order valence-corrected chi connectivity index (χ1v) is 7.38. The molecule has 108 valence electrons. The van der Waals surface area contributed by atoms with Gasteiger partial charge in [-0.1, -0.05) is 12.8 Å². The van der Waals surface area contributed by atoms with Crippen LogP contribution in [0.1, 0.15) is 37.8 Å². The van der Waals surface area contributed by atoms with Crippen LogP contribution in [0.25, 0.3) is 0 Å². The Morgan fingerprint density at radius 1 is 1.45 bits per heavy atom. The number of rotatable bonds is 4. The molecule has 0 aromatic carbocycles.